The fraction of sp³-hybridized carbons (Fsp3) is 0.333. The molecule has 0 heterocycles. The van der Waals surface area contributed by atoms with E-state index >= 15 is 0 Å². The van der Waals surface area contributed by atoms with Crippen LogP contribution in [0.5, 0.6) is 5.75 Å². The quantitative estimate of drug-likeness (QED) is 0.565. The smallest absolute Gasteiger partial charge is 0.493 e. The Hall–Kier alpha value is 0.301. The van der Waals surface area contributed by atoms with Crippen molar-refractivity contribution < 1.29 is 82.2 Å². The molecule has 0 bridgehead atoms. The van der Waals surface area contributed by atoms with Crippen molar-refractivity contribution in [3.63, 3.8) is 0 Å². The van der Waals surface area contributed by atoms with Gasteiger partial charge in [0.2, 0.25) is 0 Å². The van der Waals surface area contributed by atoms with Crippen molar-refractivity contribution in [1.82, 2.24) is 0 Å². The van der Waals surface area contributed by atoms with Gasteiger partial charge in [-0.2, -0.15) is 13.2 Å². The van der Waals surface area contributed by atoms with E-state index in [0.717, 1.165) is 24.3 Å². The van der Waals surface area contributed by atoms with Crippen molar-refractivity contribution in [2.45, 2.75) is 12.6 Å². The number of hydrogen-bond acceptors (Lipinski definition) is 1. The molecule has 0 radical (unpaired) electrons. The third-order valence-electron chi connectivity index (χ3n) is 1.91. The van der Waals surface area contributed by atoms with Crippen LogP contribution >= 0.6 is 0 Å². The van der Waals surface area contributed by atoms with Crippen molar-refractivity contribution >= 4 is 12.4 Å². The molecule has 0 aromatic heterocycles. The molecule has 0 spiro atoms. The van der Waals surface area contributed by atoms with Crippen LogP contribution in [0.25, 0.3) is 0 Å². The van der Waals surface area contributed by atoms with Gasteiger partial charge >= 0.3 is 64.5 Å². The van der Waals surface area contributed by atoms with Gasteiger partial charge in [-0.05, 0) is 12.1 Å². The number of hydrogen-bond donors (Lipinski definition) is 0. The summed E-state index contributed by atoms with van der Waals surface area (Å²) in [6, 6.07) is 3.56. The first-order valence-electron chi connectivity index (χ1n) is 4.68. The molecule has 0 unspecified atom stereocenters. The molecule has 0 atom stereocenters. The van der Waals surface area contributed by atoms with E-state index < -0.39 is 31.6 Å². The summed E-state index contributed by atoms with van der Waals surface area (Å²) in [6.45, 7) is -5.70. The summed E-state index contributed by atoms with van der Waals surface area (Å²) < 4.78 is 76.5. The zero-order valence-electron chi connectivity index (χ0n) is 9.48. The van der Waals surface area contributed by atoms with E-state index in [0.29, 0.717) is 0 Å². The van der Waals surface area contributed by atoms with E-state index in [1.165, 1.54) is 0 Å². The fourth-order valence-corrected chi connectivity index (χ4v) is 1.07. The predicted molar refractivity (Wildman–Crippen MR) is 51.3 cm³/mol. The van der Waals surface area contributed by atoms with Crippen LogP contribution in [0.3, 0.4) is 0 Å². The molecule has 1 aromatic rings. The summed E-state index contributed by atoms with van der Waals surface area (Å²) in [7, 11) is 0. The molecule has 0 saturated carbocycles. The molecule has 0 saturated heterocycles. The fourth-order valence-electron chi connectivity index (χ4n) is 1.07. The second-order valence-corrected chi connectivity index (χ2v) is 3.36. The number of rotatable bonds is 4. The molecule has 1 nitrogen and oxygen atoms in total. The van der Waals surface area contributed by atoms with Gasteiger partial charge in [0.05, 0.1) is 13.0 Å². The molecule has 1 rings (SSSR count). The van der Waals surface area contributed by atoms with Crippen molar-refractivity contribution in [2.24, 2.45) is 0 Å². The maximum atomic E-state index is 12.2. The Morgan fingerprint density at radius 2 is 1.50 bits per heavy atom. The Labute approximate surface area is 142 Å². The second-order valence-electron chi connectivity index (χ2n) is 3.36. The van der Waals surface area contributed by atoms with E-state index in [1.54, 1.807) is 0 Å². The van der Waals surface area contributed by atoms with E-state index in [1.807, 2.05) is 0 Å². The summed E-state index contributed by atoms with van der Waals surface area (Å²) in [5.41, 5.74) is -0.812. The summed E-state index contributed by atoms with van der Waals surface area (Å²) >= 11 is 0. The first kappa shape index (κ1) is 18.3. The molecule has 0 amide bonds. The molecule has 0 aliphatic carbocycles. The van der Waals surface area contributed by atoms with E-state index in [4.69, 9.17) is 0 Å². The van der Waals surface area contributed by atoms with Crippen LogP contribution in [-0.4, -0.2) is 19.8 Å². The van der Waals surface area contributed by atoms with Crippen LogP contribution in [0.15, 0.2) is 24.3 Å². The maximum Gasteiger partial charge on any atom is 1.00 e. The minimum atomic E-state index is -5.09. The predicted octanol–water partition coefficient (Wildman–Crippen LogP) is 0.0762. The molecule has 0 fully saturated rings. The van der Waals surface area contributed by atoms with Crippen LogP contribution in [-0.2, 0) is 0 Å². The van der Waals surface area contributed by atoms with Gasteiger partial charge in [0.1, 0.15) is 5.75 Å². The van der Waals surface area contributed by atoms with Gasteiger partial charge < -0.3 is 17.7 Å². The van der Waals surface area contributed by atoms with Crippen molar-refractivity contribution in [3.8, 4) is 5.75 Å². The van der Waals surface area contributed by atoms with Crippen LogP contribution in [0.2, 0.25) is 0 Å². The SMILES string of the molecule is F[B-](F)(F)c1ccc(OCCC(F)(F)F)cc1.[K+]. The molecular formula is C9H8BF6KO. The van der Waals surface area contributed by atoms with E-state index in [2.05, 4.69) is 4.74 Å². The standard InChI is InChI=1S/C9H8BF6O.K/c11-9(12,13)5-6-17-8-3-1-7(2-4-8)10(14,15)16;/h1-4H,5-6H2;/q-1;+1. The van der Waals surface area contributed by atoms with Crippen molar-refractivity contribution in [3.05, 3.63) is 24.3 Å². The van der Waals surface area contributed by atoms with Gasteiger partial charge in [-0.1, -0.05) is 12.1 Å². The molecule has 0 aliphatic heterocycles. The molecular weight excluding hydrogens is 288 g/mol. The van der Waals surface area contributed by atoms with Gasteiger partial charge in [-0.25, -0.2) is 0 Å². The minimum absolute atomic E-state index is 0. The van der Waals surface area contributed by atoms with Crippen molar-refractivity contribution in [1.29, 1.82) is 0 Å². The third-order valence-corrected chi connectivity index (χ3v) is 1.91. The van der Waals surface area contributed by atoms with Gasteiger partial charge in [0.15, 0.2) is 0 Å². The summed E-state index contributed by atoms with van der Waals surface area (Å²) in [6.07, 6.45) is -5.48. The average Bonchev–Trinajstić information content (AvgIpc) is 2.15. The monoisotopic (exact) mass is 296 g/mol. The Kier molecular flexibility index (Phi) is 7.30. The summed E-state index contributed by atoms with van der Waals surface area (Å²) in [5, 5.41) is 0. The normalized spacial score (nSPS) is 11.9. The first-order valence-corrected chi connectivity index (χ1v) is 4.68. The minimum Gasteiger partial charge on any atom is -0.493 e. The molecule has 1 aromatic carbocycles. The Bertz CT molecular complexity index is 361. The third kappa shape index (κ3) is 7.03. The zero-order chi connectivity index (χ0) is 13.1. The largest absolute Gasteiger partial charge is 1.00 e. The van der Waals surface area contributed by atoms with Crippen LogP contribution in [0.4, 0.5) is 26.1 Å². The number of halogens is 6. The van der Waals surface area contributed by atoms with Gasteiger partial charge in [-0.3, -0.25) is 0 Å². The maximum absolute atomic E-state index is 12.2. The molecule has 96 valence electrons. The average molecular weight is 296 g/mol. The topological polar surface area (TPSA) is 9.23 Å². The Balaban J connectivity index is 0.00000289. The summed E-state index contributed by atoms with van der Waals surface area (Å²) in [4.78, 5) is 0. The molecule has 18 heavy (non-hydrogen) atoms. The molecule has 0 aliphatic rings. The van der Waals surface area contributed by atoms with Crippen molar-refractivity contribution in [2.75, 3.05) is 6.61 Å². The number of ether oxygens (including phenoxy) is 1. The zero-order valence-corrected chi connectivity index (χ0v) is 12.6. The van der Waals surface area contributed by atoms with E-state index in [-0.39, 0.29) is 57.1 Å². The Morgan fingerprint density at radius 1 is 1.00 bits per heavy atom. The summed E-state index contributed by atoms with van der Waals surface area (Å²) in [5.74, 6) is -0.0157. The second kappa shape index (κ2) is 7.18. The molecule has 9 heteroatoms. The van der Waals surface area contributed by atoms with Gasteiger partial charge in [0, 0.05) is 0 Å². The first-order chi connectivity index (χ1) is 7.68. The van der Waals surface area contributed by atoms with Gasteiger partial charge in [0.25, 0.3) is 0 Å². The van der Waals surface area contributed by atoms with Crippen LogP contribution in [0.1, 0.15) is 6.42 Å². The van der Waals surface area contributed by atoms with E-state index in [9.17, 15) is 26.1 Å². The van der Waals surface area contributed by atoms with Crippen LogP contribution < -0.4 is 61.6 Å². The number of benzene rings is 1. The van der Waals surface area contributed by atoms with Gasteiger partial charge in [-0.15, -0.1) is 5.46 Å². The van der Waals surface area contributed by atoms with Crippen LogP contribution in [0, 0.1) is 0 Å². The Morgan fingerprint density at radius 3 is 1.89 bits per heavy atom. The number of alkyl halides is 3. The molecule has 0 N–H and O–H groups in total.